The molecule has 0 amide bonds. The lowest BCUT2D eigenvalue weighted by Gasteiger charge is -2.17. The smallest absolute Gasteiger partial charge is 0.328 e. The molecule has 0 saturated carbocycles. The zero-order valence-corrected chi connectivity index (χ0v) is 11.2. The summed E-state index contributed by atoms with van der Waals surface area (Å²) in [7, 11) is 0. The van der Waals surface area contributed by atoms with Crippen molar-refractivity contribution in [3.05, 3.63) is 24.0 Å². The first-order valence-electron chi connectivity index (χ1n) is 6.07. The Hall–Kier alpha value is -1.92. The molecule has 1 unspecified atom stereocenters. The van der Waals surface area contributed by atoms with E-state index in [1.807, 2.05) is 0 Å². The van der Waals surface area contributed by atoms with E-state index in [4.69, 9.17) is 9.47 Å². The molecule has 1 atom stereocenters. The van der Waals surface area contributed by atoms with Crippen molar-refractivity contribution in [2.24, 2.45) is 0 Å². The van der Waals surface area contributed by atoms with Gasteiger partial charge in [0, 0.05) is 6.07 Å². The molecule has 1 aromatic rings. The zero-order valence-electron chi connectivity index (χ0n) is 11.2. The molecule has 0 radical (unpaired) electrons. The molecule has 0 aliphatic carbocycles. The summed E-state index contributed by atoms with van der Waals surface area (Å²) in [6.07, 6.45) is -2.67. The van der Waals surface area contributed by atoms with Crippen molar-refractivity contribution < 1.29 is 27.4 Å². The van der Waals surface area contributed by atoms with Gasteiger partial charge in [-0.25, -0.2) is 18.0 Å². The van der Waals surface area contributed by atoms with Crippen molar-refractivity contribution in [1.82, 2.24) is 0 Å². The van der Waals surface area contributed by atoms with Crippen LogP contribution in [0.5, 0.6) is 5.75 Å². The Labute approximate surface area is 114 Å². The van der Waals surface area contributed by atoms with E-state index in [-0.39, 0.29) is 18.0 Å². The van der Waals surface area contributed by atoms with Crippen LogP contribution in [0.25, 0.3) is 0 Å². The van der Waals surface area contributed by atoms with Crippen molar-refractivity contribution in [3.8, 4) is 5.75 Å². The van der Waals surface area contributed by atoms with E-state index < -0.39 is 30.9 Å². The average molecular weight is 291 g/mol. The molecular formula is C13H16F3NO3. The molecule has 1 rings (SSSR count). The van der Waals surface area contributed by atoms with Gasteiger partial charge in [-0.3, -0.25) is 0 Å². The van der Waals surface area contributed by atoms with Gasteiger partial charge in [-0.15, -0.1) is 0 Å². The number of rotatable bonds is 7. The summed E-state index contributed by atoms with van der Waals surface area (Å²) in [6.45, 7) is 2.58. The highest BCUT2D eigenvalue weighted by atomic mass is 19.3. The monoisotopic (exact) mass is 291 g/mol. The van der Waals surface area contributed by atoms with Crippen molar-refractivity contribution in [2.75, 3.05) is 18.5 Å². The molecular weight excluding hydrogens is 275 g/mol. The van der Waals surface area contributed by atoms with Gasteiger partial charge >= 0.3 is 5.97 Å². The van der Waals surface area contributed by atoms with E-state index in [9.17, 15) is 18.0 Å². The summed E-state index contributed by atoms with van der Waals surface area (Å²) >= 11 is 0. The third kappa shape index (κ3) is 4.99. The molecule has 0 bridgehead atoms. The number of carbonyl (C=O) groups is 1. The summed E-state index contributed by atoms with van der Waals surface area (Å²) in [6, 6.07) is 2.71. The van der Waals surface area contributed by atoms with Gasteiger partial charge in [0.05, 0.1) is 12.3 Å². The van der Waals surface area contributed by atoms with Gasteiger partial charge in [0.15, 0.2) is 0 Å². The number of hydrogen-bond donors (Lipinski definition) is 1. The van der Waals surface area contributed by atoms with Crippen molar-refractivity contribution >= 4 is 11.7 Å². The number of halogens is 3. The largest absolute Gasteiger partial charge is 0.485 e. The Morgan fingerprint density at radius 3 is 2.70 bits per heavy atom. The lowest BCUT2D eigenvalue weighted by atomic mass is 10.2. The molecule has 0 fully saturated rings. The van der Waals surface area contributed by atoms with Crippen LogP contribution in [-0.4, -0.2) is 31.7 Å². The lowest BCUT2D eigenvalue weighted by Crippen LogP contribution is -2.28. The van der Waals surface area contributed by atoms with Crippen LogP contribution in [0.4, 0.5) is 18.9 Å². The van der Waals surface area contributed by atoms with Crippen molar-refractivity contribution in [3.63, 3.8) is 0 Å². The molecule has 7 heteroatoms. The van der Waals surface area contributed by atoms with Gasteiger partial charge < -0.3 is 14.8 Å². The predicted octanol–water partition coefficient (Wildman–Crippen LogP) is 2.83. The fourth-order valence-corrected chi connectivity index (χ4v) is 1.45. The third-order valence-corrected chi connectivity index (χ3v) is 2.32. The van der Waals surface area contributed by atoms with Crippen LogP contribution < -0.4 is 10.1 Å². The number of hydrogen-bond acceptors (Lipinski definition) is 4. The van der Waals surface area contributed by atoms with E-state index in [0.717, 1.165) is 12.1 Å². The summed E-state index contributed by atoms with van der Waals surface area (Å²) in [4.78, 5) is 11.5. The Kier molecular flexibility index (Phi) is 6.14. The minimum atomic E-state index is -2.67. The van der Waals surface area contributed by atoms with E-state index >= 15 is 0 Å². The predicted molar refractivity (Wildman–Crippen MR) is 67.6 cm³/mol. The van der Waals surface area contributed by atoms with Crippen LogP contribution in [0.15, 0.2) is 18.2 Å². The molecule has 112 valence electrons. The molecule has 0 heterocycles. The van der Waals surface area contributed by atoms with Gasteiger partial charge in [0.25, 0.3) is 6.43 Å². The van der Waals surface area contributed by atoms with Gasteiger partial charge in [0.2, 0.25) is 0 Å². The van der Waals surface area contributed by atoms with Gasteiger partial charge in [-0.05, 0) is 26.0 Å². The van der Waals surface area contributed by atoms with Gasteiger partial charge in [0.1, 0.15) is 24.2 Å². The lowest BCUT2D eigenvalue weighted by molar-refractivity contribution is -0.143. The molecule has 20 heavy (non-hydrogen) atoms. The number of esters is 1. The van der Waals surface area contributed by atoms with Crippen LogP contribution in [-0.2, 0) is 9.53 Å². The minimum absolute atomic E-state index is 0.0820. The quantitative estimate of drug-likeness (QED) is 0.785. The number of carbonyl (C=O) groups excluding carboxylic acids is 1. The minimum Gasteiger partial charge on any atom is -0.485 e. The first-order chi connectivity index (χ1) is 9.43. The number of ether oxygens (including phenoxy) is 2. The van der Waals surface area contributed by atoms with Crippen LogP contribution in [0.1, 0.15) is 13.8 Å². The molecule has 1 aromatic carbocycles. The highest BCUT2D eigenvalue weighted by Gasteiger charge is 2.16. The van der Waals surface area contributed by atoms with E-state index in [2.05, 4.69) is 5.32 Å². The topological polar surface area (TPSA) is 47.6 Å². The van der Waals surface area contributed by atoms with Crippen LogP contribution in [0.3, 0.4) is 0 Å². The Morgan fingerprint density at radius 1 is 1.40 bits per heavy atom. The maximum atomic E-state index is 13.1. The second kappa shape index (κ2) is 7.62. The highest BCUT2D eigenvalue weighted by molar-refractivity contribution is 5.79. The maximum Gasteiger partial charge on any atom is 0.328 e. The average Bonchev–Trinajstić information content (AvgIpc) is 2.39. The normalized spacial score (nSPS) is 12.1. The van der Waals surface area contributed by atoms with Gasteiger partial charge in [-0.2, -0.15) is 0 Å². The third-order valence-electron chi connectivity index (χ3n) is 2.32. The Morgan fingerprint density at radius 2 is 2.10 bits per heavy atom. The standard InChI is InChI=1S/C13H16F3NO3/c1-3-19-13(18)8(2)17-10-5-4-9(14)6-11(10)20-7-12(15)16/h4-6,8,12,17H,3,7H2,1-2H3. The second-order valence-electron chi connectivity index (χ2n) is 3.96. The maximum absolute atomic E-state index is 13.1. The fraction of sp³-hybridized carbons (Fsp3) is 0.462. The van der Waals surface area contributed by atoms with Crippen molar-refractivity contribution in [1.29, 1.82) is 0 Å². The molecule has 0 aromatic heterocycles. The zero-order chi connectivity index (χ0) is 15.1. The molecule has 0 aliphatic rings. The van der Waals surface area contributed by atoms with E-state index in [1.54, 1.807) is 6.92 Å². The molecule has 0 saturated heterocycles. The first kappa shape index (κ1) is 16.1. The van der Waals surface area contributed by atoms with Crippen LogP contribution in [0.2, 0.25) is 0 Å². The number of nitrogens with one attached hydrogen (secondary N) is 1. The van der Waals surface area contributed by atoms with E-state index in [1.165, 1.54) is 13.0 Å². The van der Waals surface area contributed by atoms with Crippen LogP contribution in [0, 0.1) is 5.82 Å². The molecule has 1 N–H and O–H groups in total. The SMILES string of the molecule is CCOC(=O)C(C)Nc1ccc(F)cc1OCC(F)F. The number of anilines is 1. The molecule has 0 aliphatic heterocycles. The number of benzene rings is 1. The highest BCUT2D eigenvalue weighted by Crippen LogP contribution is 2.26. The summed E-state index contributed by atoms with van der Waals surface area (Å²) in [5, 5.41) is 2.73. The second-order valence-corrected chi connectivity index (χ2v) is 3.96. The number of alkyl halides is 2. The molecule has 4 nitrogen and oxygen atoms in total. The van der Waals surface area contributed by atoms with E-state index in [0.29, 0.717) is 0 Å². The van der Waals surface area contributed by atoms with Gasteiger partial charge in [-0.1, -0.05) is 0 Å². The Balaban J connectivity index is 2.80. The summed E-state index contributed by atoms with van der Waals surface area (Å²) in [5.74, 6) is -1.21. The molecule has 0 spiro atoms. The first-order valence-corrected chi connectivity index (χ1v) is 6.07. The Bertz CT molecular complexity index is 454. The summed E-state index contributed by atoms with van der Waals surface area (Å²) < 4.78 is 47.0. The fourth-order valence-electron chi connectivity index (χ4n) is 1.45. The van der Waals surface area contributed by atoms with Crippen LogP contribution >= 0.6 is 0 Å². The summed E-state index contributed by atoms with van der Waals surface area (Å²) in [5.41, 5.74) is 0.243. The van der Waals surface area contributed by atoms with Crippen molar-refractivity contribution in [2.45, 2.75) is 26.3 Å².